The van der Waals surface area contributed by atoms with Crippen LogP contribution in [-0.4, -0.2) is 29.0 Å². The largest absolute Gasteiger partial charge is 0.449 e. The number of nitrogens with one attached hydrogen (secondary N) is 2. The summed E-state index contributed by atoms with van der Waals surface area (Å²) in [6, 6.07) is 8.31. The van der Waals surface area contributed by atoms with Gasteiger partial charge in [0, 0.05) is 23.0 Å². The van der Waals surface area contributed by atoms with E-state index in [2.05, 4.69) is 24.1 Å². The second-order valence-corrected chi connectivity index (χ2v) is 7.52. The van der Waals surface area contributed by atoms with Gasteiger partial charge in [-0.25, -0.2) is 4.79 Å². The first kappa shape index (κ1) is 19.1. The number of ether oxygens (including phenoxy) is 1. The third-order valence-electron chi connectivity index (χ3n) is 5.66. The number of aromatic amines is 1. The summed E-state index contributed by atoms with van der Waals surface area (Å²) >= 11 is 0. The number of hydrogen-bond donors (Lipinski definition) is 2. The number of benzene rings is 1. The van der Waals surface area contributed by atoms with E-state index in [1.54, 1.807) is 31.2 Å². The van der Waals surface area contributed by atoms with Gasteiger partial charge in [0.1, 0.15) is 0 Å². The fourth-order valence-corrected chi connectivity index (χ4v) is 3.74. The van der Waals surface area contributed by atoms with Crippen molar-refractivity contribution in [1.82, 2.24) is 10.3 Å². The van der Waals surface area contributed by atoms with Crippen molar-refractivity contribution in [2.75, 3.05) is 0 Å². The lowest BCUT2D eigenvalue weighted by Crippen LogP contribution is -2.47. The van der Waals surface area contributed by atoms with Gasteiger partial charge in [-0.05, 0) is 31.2 Å². The lowest BCUT2D eigenvalue weighted by Gasteiger charge is -2.35. The topological polar surface area (TPSA) is 88.3 Å². The van der Waals surface area contributed by atoms with Crippen LogP contribution in [0, 0.1) is 11.8 Å². The maximum atomic E-state index is 12.6. The predicted molar refractivity (Wildman–Crippen MR) is 104 cm³/mol. The Morgan fingerprint density at radius 1 is 1.22 bits per heavy atom. The molecule has 0 saturated heterocycles. The molecule has 0 spiro atoms. The molecule has 1 fully saturated rings. The lowest BCUT2D eigenvalue weighted by atomic mass is 9.78. The maximum absolute atomic E-state index is 12.6. The highest BCUT2D eigenvalue weighted by Gasteiger charge is 2.30. The summed E-state index contributed by atoms with van der Waals surface area (Å²) in [4.78, 5) is 39.6. The van der Waals surface area contributed by atoms with Gasteiger partial charge in [-0.15, -0.1) is 0 Å². The van der Waals surface area contributed by atoms with Crippen LogP contribution in [-0.2, 0) is 9.53 Å². The van der Waals surface area contributed by atoms with Crippen LogP contribution in [0.25, 0.3) is 10.9 Å². The van der Waals surface area contributed by atoms with Gasteiger partial charge in [-0.2, -0.15) is 0 Å². The van der Waals surface area contributed by atoms with Crippen molar-refractivity contribution < 1.29 is 14.3 Å². The minimum atomic E-state index is -0.931. The van der Waals surface area contributed by atoms with Gasteiger partial charge in [0.15, 0.2) is 6.10 Å². The number of para-hydroxylation sites is 1. The van der Waals surface area contributed by atoms with E-state index in [0.29, 0.717) is 22.7 Å². The van der Waals surface area contributed by atoms with E-state index < -0.39 is 12.1 Å². The summed E-state index contributed by atoms with van der Waals surface area (Å²) in [6.45, 7) is 5.90. The van der Waals surface area contributed by atoms with Gasteiger partial charge in [-0.1, -0.05) is 44.9 Å². The number of carbonyl (C=O) groups excluding carboxylic acids is 2. The molecular formula is C21H26N2O4. The minimum Gasteiger partial charge on any atom is -0.449 e. The Morgan fingerprint density at radius 3 is 2.74 bits per heavy atom. The summed E-state index contributed by atoms with van der Waals surface area (Å²) in [5.74, 6) is -0.0278. The molecule has 0 aliphatic heterocycles. The van der Waals surface area contributed by atoms with Gasteiger partial charge in [0.05, 0.1) is 5.56 Å². The molecule has 1 amide bonds. The number of H-pyrrole nitrogens is 1. The second-order valence-electron chi connectivity index (χ2n) is 7.52. The maximum Gasteiger partial charge on any atom is 0.339 e. The summed E-state index contributed by atoms with van der Waals surface area (Å²) in [6.07, 6.45) is 2.27. The normalized spacial score (nSPS) is 23.6. The van der Waals surface area contributed by atoms with E-state index in [9.17, 15) is 14.4 Å². The Bertz CT molecular complexity index is 904. The van der Waals surface area contributed by atoms with Crippen LogP contribution < -0.4 is 10.9 Å². The number of rotatable bonds is 4. The monoisotopic (exact) mass is 370 g/mol. The van der Waals surface area contributed by atoms with E-state index in [1.165, 1.54) is 12.5 Å². The molecule has 0 bridgehead atoms. The van der Waals surface area contributed by atoms with Crippen LogP contribution in [0.4, 0.5) is 0 Å². The molecule has 3 rings (SSSR count). The van der Waals surface area contributed by atoms with Crippen molar-refractivity contribution in [3.63, 3.8) is 0 Å². The molecule has 1 aromatic carbocycles. The third-order valence-corrected chi connectivity index (χ3v) is 5.66. The Labute approximate surface area is 158 Å². The number of carbonyl (C=O) groups is 2. The molecule has 6 nitrogen and oxygen atoms in total. The van der Waals surface area contributed by atoms with Gasteiger partial charge in [0.25, 0.3) is 5.91 Å². The minimum absolute atomic E-state index is 0.0998. The Morgan fingerprint density at radius 2 is 1.96 bits per heavy atom. The molecular weight excluding hydrogens is 344 g/mol. The number of amides is 1. The zero-order chi connectivity index (χ0) is 19.6. The smallest absolute Gasteiger partial charge is 0.339 e. The molecule has 1 aliphatic rings. The number of pyridine rings is 1. The fourth-order valence-electron chi connectivity index (χ4n) is 3.74. The SMILES string of the molecule is C[C@@H]1[C@H](C)CCC[C@H]1NC(=O)[C@H](C)OC(=O)c1cc(=O)[nH]c2ccccc12. The van der Waals surface area contributed by atoms with Crippen molar-refractivity contribution in [3.05, 3.63) is 46.2 Å². The van der Waals surface area contributed by atoms with Crippen LogP contribution in [0.1, 0.15) is 50.4 Å². The van der Waals surface area contributed by atoms with E-state index in [0.717, 1.165) is 12.8 Å². The fraction of sp³-hybridized carbons (Fsp3) is 0.476. The summed E-state index contributed by atoms with van der Waals surface area (Å²) in [5, 5.41) is 3.61. The predicted octanol–water partition coefficient (Wildman–Crippen LogP) is 3.01. The van der Waals surface area contributed by atoms with Crippen LogP contribution in [0.3, 0.4) is 0 Å². The molecule has 0 unspecified atom stereocenters. The molecule has 1 aliphatic carbocycles. The Hall–Kier alpha value is -2.63. The van der Waals surface area contributed by atoms with E-state index in [-0.39, 0.29) is 23.1 Å². The summed E-state index contributed by atoms with van der Waals surface area (Å²) < 4.78 is 5.36. The zero-order valence-electron chi connectivity index (χ0n) is 16.0. The standard InChI is InChI=1S/C21H26N2O4/c1-12-7-6-10-17(13(12)2)23-20(25)14(3)27-21(26)16-11-19(24)22-18-9-5-4-8-15(16)18/h4-5,8-9,11-14,17H,6-7,10H2,1-3H3,(H,22,24)(H,23,25)/t12-,13-,14+,17-/m1/s1. The zero-order valence-corrected chi connectivity index (χ0v) is 16.0. The highest BCUT2D eigenvalue weighted by Crippen LogP contribution is 2.29. The van der Waals surface area contributed by atoms with Crippen LogP contribution >= 0.6 is 0 Å². The quantitative estimate of drug-likeness (QED) is 0.810. The number of esters is 1. The van der Waals surface area contributed by atoms with E-state index in [4.69, 9.17) is 4.74 Å². The Kier molecular flexibility index (Phi) is 5.63. The lowest BCUT2D eigenvalue weighted by molar-refractivity contribution is -0.130. The van der Waals surface area contributed by atoms with Crippen LogP contribution in [0.2, 0.25) is 0 Å². The summed E-state index contributed by atoms with van der Waals surface area (Å²) in [5.41, 5.74) is 0.329. The van der Waals surface area contributed by atoms with Crippen LogP contribution in [0.5, 0.6) is 0 Å². The molecule has 1 aromatic heterocycles. The third kappa shape index (κ3) is 4.21. The van der Waals surface area contributed by atoms with Crippen molar-refractivity contribution in [1.29, 1.82) is 0 Å². The van der Waals surface area contributed by atoms with Crippen LogP contribution in [0.15, 0.2) is 35.1 Å². The van der Waals surface area contributed by atoms with E-state index >= 15 is 0 Å². The highest BCUT2D eigenvalue weighted by molar-refractivity contribution is 6.03. The molecule has 6 heteroatoms. The number of fused-ring (bicyclic) bond motifs is 1. The summed E-state index contributed by atoms with van der Waals surface area (Å²) in [7, 11) is 0. The van der Waals surface area contributed by atoms with Crippen molar-refractivity contribution in [2.24, 2.45) is 11.8 Å². The first-order valence-corrected chi connectivity index (χ1v) is 9.50. The van der Waals surface area contributed by atoms with Gasteiger partial charge in [0.2, 0.25) is 5.56 Å². The average molecular weight is 370 g/mol. The first-order valence-electron chi connectivity index (χ1n) is 9.50. The second kappa shape index (κ2) is 7.94. The average Bonchev–Trinajstić information content (AvgIpc) is 2.64. The number of aromatic nitrogens is 1. The molecule has 2 N–H and O–H groups in total. The molecule has 0 radical (unpaired) electrons. The molecule has 27 heavy (non-hydrogen) atoms. The Balaban J connectivity index is 1.71. The molecule has 144 valence electrons. The van der Waals surface area contributed by atoms with Crippen molar-refractivity contribution in [3.8, 4) is 0 Å². The first-order chi connectivity index (χ1) is 12.9. The van der Waals surface area contributed by atoms with Gasteiger partial charge >= 0.3 is 5.97 Å². The highest BCUT2D eigenvalue weighted by atomic mass is 16.5. The van der Waals surface area contributed by atoms with E-state index in [1.807, 2.05) is 0 Å². The molecule has 4 atom stereocenters. The van der Waals surface area contributed by atoms with Crippen molar-refractivity contribution >= 4 is 22.8 Å². The van der Waals surface area contributed by atoms with Gasteiger partial charge < -0.3 is 15.0 Å². The number of hydrogen-bond acceptors (Lipinski definition) is 4. The molecule has 2 aromatic rings. The molecule has 1 saturated carbocycles. The molecule has 1 heterocycles. The van der Waals surface area contributed by atoms with Gasteiger partial charge in [-0.3, -0.25) is 9.59 Å². The van der Waals surface area contributed by atoms with Crippen molar-refractivity contribution in [2.45, 2.75) is 52.2 Å².